The van der Waals surface area contributed by atoms with Gasteiger partial charge in [0.25, 0.3) is 0 Å². The van der Waals surface area contributed by atoms with Gasteiger partial charge in [0, 0.05) is 18.4 Å². The van der Waals surface area contributed by atoms with Crippen molar-refractivity contribution < 1.29 is 0 Å². The second kappa shape index (κ2) is 3.28. The maximum Gasteiger partial charge on any atom is 0.151 e. The number of aryl methyl sites for hydroxylation is 1. The Bertz CT molecular complexity index is 492. The molecule has 0 atom stereocenters. The van der Waals surface area contributed by atoms with Crippen LogP contribution >= 0.6 is 27.7 Å². The van der Waals surface area contributed by atoms with E-state index in [4.69, 9.17) is 0 Å². The largest absolute Gasteiger partial charge is 0.302 e. The van der Waals surface area contributed by atoms with Gasteiger partial charge in [-0.3, -0.25) is 0 Å². The maximum atomic E-state index is 4.66. The summed E-state index contributed by atoms with van der Waals surface area (Å²) in [7, 11) is 0. The lowest BCUT2D eigenvalue weighted by atomic mass is 10.3. The average molecular weight is 269 g/mol. The van der Waals surface area contributed by atoms with Gasteiger partial charge in [0.05, 0.1) is 15.9 Å². The summed E-state index contributed by atoms with van der Waals surface area (Å²) in [6, 6.07) is 4.10. The van der Waals surface area contributed by atoms with Gasteiger partial charge >= 0.3 is 0 Å². The zero-order valence-corrected chi connectivity index (χ0v) is 9.94. The van der Waals surface area contributed by atoms with Gasteiger partial charge < -0.3 is 4.40 Å². The van der Waals surface area contributed by atoms with Crippen LogP contribution < -0.4 is 0 Å². The lowest BCUT2D eigenvalue weighted by Gasteiger charge is -2.09. The Morgan fingerprint density at radius 1 is 1.50 bits per heavy atom. The first-order valence-corrected chi connectivity index (χ1v) is 6.53. The zero-order chi connectivity index (χ0) is 9.54. The number of hydrogen-bond donors (Lipinski definition) is 0. The Morgan fingerprint density at radius 2 is 2.43 bits per heavy atom. The lowest BCUT2D eigenvalue weighted by Crippen LogP contribution is -2.02. The highest BCUT2D eigenvalue weighted by molar-refractivity contribution is 9.10. The lowest BCUT2D eigenvalue weighted by molar-refractivity contribution is 0.992. The molecular weight excluding hydrogens is 260 g/mol. The fourth-order valence-corrected chi connectivity index (χ4v) is 3.23. The van der Waals surface area contributed by atoms with Crippen molar-refractivity contribution in [2.24, 2.45) is 0 Å². The molecule has 0 saturated heterocycles. The molecular formula is C10H9BrN2S. The van der Waals surface area contributed by atoms with E-state index in [9.17, 15) is 0 Å². The molecule has 0 aromatic carbocycles. The molecule has 3 heterocycles. The number of halogens is 1. The smallest absolute Gasteiger partial charge is 0.151 e. The van der Waals surface area contributed by atoms with Crippen molar-refractivity contribution in [2.45, 2.75) is 12.2 Å². The van der Waals surface area contributed by atoms with Crippen molar-refractivity contribution >= 4 is 33.3 Å². The topological polar surface area (TPSA) is 17.3 Å². The summed E-state index contributed by atoms with van der Waals surface area (Å²) in [6.07, 6.45) is 3.20. The van der Waals surface area contributed by atoms with Crippen molar-refractivity contribution in [3.8, 4) is 0 Å². The SMILES string of the molecule is Brc1cccn2c3c(nc12)CCSC3. The van der Waals surface area contributed by atoms with Crippen LogP contribution in [0.5, 0.6) is 0 Å². The Morgan fingerprint density at radius 3 is 3.36 bits per heavy atom. The van der Waals surface area contributed by atoms with Gasteiger partial charge in [-0.1, -0.05) is 0 Å². The molecule has 1 aliphatic heterocycles. The summed E-state index contributed by atoms with van der Waals surface area (Å²) in [5.74, 6) is 2.29. The van der Waals surface area contributed by atoms with Crippen LogP contribution in [-0.2, 0) is 12.2 Å². The number of aromatic nitrogens is 2. The summed E-state index contributed by atoms with van der Waals surface area (Å²) >= 11 is 5.52. The highest BCUT2D eigenvalue weighted by Crippen LogP contribution is 2.27. The Kier molecular flexibility index (Phi) is 2.06. The first-order chi connectivity index (χ1) is 6.86. The summed E-state index contributed by atoms with van der Waals surface area (Å²) in [6.45, 7) is 0. The number of thioether (sulfide) groups is 1. The Hall–Kier alpha value is -0.480. The van der Waals surface area contributed by atoms with Crippen LogP contribution in [0.4, 0.5) is 0 Å². The quantitative estimate of drug-likeness (QED) is 0.731. The van der Waals surface area contributed by atoms with Gasteiger partial charge in [0.15, 0.2) is 5.65 Å². The van der Waals surface area contributed by atoms with E-state index in [1.54, 1.807) is 0 Å². The average Bonchev–Trinajstić information content (AvgIpc) is 2.59. The summed E-state index contributed by atoms with van der Waals surface area (Å²) in [5.41, 5.74) is 3.70. The monoisotopic (exact) mass is 268 g/mol. The van der Waals surface area contributed by atoms with Gasteiger partial charge in [-0.2, -0.15) is 11.8 Å². The first kappa shape index (κ1) is 8.80. The van der Waals surface area contributed by atoms with Crippen LogP contribution in [0.2, 0.25) is 0 Å². The molecule has 0 aliphatic carbocycles. The van der Waals surface area contributed by atoms with E-state index in [1.165, 1.54) is 17.1 Å². The van der Waals surface area contributed by atoms with Gasteiger partial charge in [-0.15, -0.1) is 0 Å². The Labute approximate surface area is 94.8 Å². The van der Waals surface area contributed by atoms with E-state index in [1.807, 2.05) is 17.8 Å². The molecule has 1 aliphatic rings. The molecule has 3 rings (SSSR count). The van der Waals surface area contributed by atoms with E-state index in [-0.39, 0.29) is 0 Å². The zero-order valence-electron chi connectivity index (χ0n) is 7.53. The number of imidazole rings is 1. The molecule has 0 saturated carbocycles. The molecule has 2 nitrogen and oxygen atoms in total. The fraction of sp³-hybridized carbons (Fsp3) is 0.300. The maximum absolute atomic E-state index is 4.66. The normalized spacial score (nSPS) is 15.8. The highest BCUT2D eigenvalue weighted by atomic mass is 79.9. The molecule has 0 spiro atoms. The van der Waals surface area contributed by atoms with Crippen LogP contribution in [0, 0.1) is 0 Å². The summed E-state index contributed by atoms with van der Waals surface area (Å²) < 4.78 is 3.28. The van der Waals surface area contributed by atoms with Gasteiger partial charge in [-0.05, 0) is 33.8 Å². The Balaban J connectivity index is 2.36. The van der Waals surface area contributed by atoms with E-state index in [0.29, 0.717) is 0 Å². The predicted molar refractivity (Wildman–Crippen MR) is 62.8 cm³/mol. The standard InChI is InChI=1S/C10H9BrN2S/c11-7-2-1-4-13-9-6-14-5-3-8(9)12-10(7)13/h1-2,4H,3,5-6H2. The molecule has 0 radical (unpaired) electrons. The molecule has 4 heteroatoms. The second-order valence-electron chi connectivity index (χ2n) is 3.36. The van der Waals surface area contributed by atoms with E-state index in [0.717, 1.165) is 22.3 Å². The van der Waals surface area contributed by atoms with Crippen molar-refractivity contribution in [3.63, 3.8) is 0 Å². The molecule has 0 fully saturated rings. The third-order valence-corrected chi connectivity index (χ3v) is 4.10. The van der Waals surface area contributed by atoms with E-state index in [2.05, 4.69) is 37.6 Å². The first-order valence-electron chi connectivity index (χ1n) is 4.58. The minimum absolute atomic E-state index is 1.06. The summed E-state index contributed by atoms with van der Waals surface area (Å²) in [4.78, 5) is 4.66. The van der Waals surface area contributed by atoms with Crippen molar-refractivity contribution in [2.75, 3.05) is 5.75 Å². The van der Waals surface area contributed by atoms with Crippen LogP contribution in [-0.4, -0.2) is 15.1 Å². The molecule has 2 aromatic rings. The third kappa shape index (κ3) is 1.21. The third-order valence-electron chi connectivity index (χ3n) is 2.51. The van der Waals surface area contributed by atoms with Crippen LogP contribution in [0.25, 0.3) is 5.65 Å². The minimum atomic E-state index is 1.06. The van der Waals surface area contributed by atoms with Gasteiger partial charge in [0.1, 0.15) is 0 Å². The molecule has 0 N–H and O–H groups in total. The summed E-state index contributed by atoms with van der Waals surface area (Å²) in [5, 5.41) is 0. The molecule has 0 unspecified atom stereocenters. The highest BCUT2D eigenvalue weighted by Gasteiger charge is 2.16. The van der Waals surface area contributed by atoms with Crippen LogP contribution in [0.15, 0.2) is 22.8 Å². The number of nitrogens with zero attached hydrogens (tertiary/aromatic N) is 2. The second-order valence-corrected chi connectivity index (χ2v) is 5.32. The van der Waals surface area contributed by atoms with Gasteiger partial charge in [-0.25, -0.2) is 4.98 Å². The molecule has 2 aromatic heterocycles. The number of hydrogen-bond acceptors (Lipinski definition) is 2. The molecule has 14 heavy (non-hydrogen) atoms. The number of rotatable bonds is 0. The molecule has 72 valence electrons. The van der Waals surface area contributed by atoms with Crippen LogP contribution in [0.3, 0.4) is 0 Å². The molecule has 0 amide bonds. The van der Waals surface area contributed by atoms with Crippen molar-refractivity contribution in [1.29, 1.82) is 0 Å². The fourth-order valence-electron chi connectivity index (χ4n) is 1.82. The minimum Gasteiger partial charge on any atom is -0.302 e. The van der Waals surface area contributed by atoms with E-state index >= 15 is 0 Å². The number of pyridine rings is 1. The van der Waals surface area contributed by atoms with Crippen molar-refractivity contribution in [1.82, 2.24) is 9.38 Å². The molecule has 0 bridgehead atoms. The number of fused-ring (bicyclic) bond motifs is 3. The van der Waals surface area contributed by atoms with Gasteiger partial charge in [0.2, 0.25) is 0 Å². The van der Waals surface area contributed by atoms with Crippen molar-refractivity contribution in [3.05, 3.63) is 34.2 Å². The van der Waals surface area contributed by atoms with E-state index < -0.39 is 0 Å². The predicted octanol–water partition coefficient (Wildman–Crippen LogP) is 2.89. The van der Waals surface area contributed by atoms with Crippen LogP contribution in [0.1, 0.15) is 11.4 Å².